The zero-order valence-corrected chi connectivity index (χ0v) is 13.0. The largest absolute Gasteiger partial charge is 0.508 e. The summed E-state index contributed by atoms with van der Waals surface area (Å²) in [6.07, 6.45) is 2.27. The van der Waals surface area contributed by atoms with Crippen molar-refractivity contribution >= 4 is 0 Å². The average molecular weight is 297 g/mol. The van der Waals surface area contributed by atoms with Crippen LogP contribution in [0.2, 0.25) is 0 Å². The van der Waals surface area contributed by atoms with Gasteiger partial charge < -0.3 is 9.84 Å². The van der Waals surface area contributed by atoms with E-state index < -0.39 is 0 Å². The number of phenolic OH excluding ortho intramolecular Hbond substituents is 1. The molecule has 2 aromatic rings. The van der Waals surface area contributed by atoms with Crippen molar-refractivity contribution < 1.29 is 9.84 Å². The number of nitrogens with zero attached hydrogens (tertiary/aromatic N) is 1. The van der Waals surface area contributed by atoms with Gasteiger partial charge in [-0.2, -0.15) is 0 Å². The summed E-state index contributed by atoms with van der Waals surface area (Å²) in [5.41, 5.74) is 2.53. The maximum atomic E-state index is 9.56. The lowest BCUT2D eigenvalue weighted by Gasteiger charge is -2.16. The molecule has 3 rings (SSSR count). The van der Waals surface area contributed by atoms with E-state index in [1.165, 1.54) is 17.5 Å². The number of hydrogen-bond acceptors (Lipinski definition) is 3. The molecule has 2 aromatic carbocycles. The van der Waals surface area contributed by atoms with Gasteiger partial charge in [0.15, 0.2) is 0 Å². The summed E-state index contributed by atoms with van der Waals surface area (Å²) in [6, 6.07) is 15.9. The van der Waals surface area contributed by atoms with Crippen LogP contribution in [0, 0.1) is 5.92 Å². The van der Waals surface area contributed by atoms with Gasteiger partial charge in [-0.05, 0) is 60.7 Å². The number of phenols is 1. The van der Waals surface area contributed by atoms with Gasteiger partial charge in [-0.25, -0.2) is 0 Å². The second kappa shape index (κ2) is 6.84. The van der Waals surface area contributed by atoms with Crippen LogP contribution in [0.3, 0.4) is 0 Å². The number of hydrogen-bond donors (Lipinski definition) is 1. The first-order valence-electron chi connectivity index (χ1n) is 7.86. The number of benzene rings is 2. The van der Waals surface area contributed by atoms with Gasteiger partial charge in [-0.15, -0.1) is 0 Å². The lowest BCUT2D eigenvalue weighted by molar-refractivity contribution is 0.315. The molecule has 22 heavy (non-hydrogen) atoms. The van der Waals surface area contributed by atoms with Crippen molar-refractivity contribution in [3.05, 3.63) is 59.7 Å². The summed E-state index contributed by atoms with van der Waals surface area (Å²) in [5.74, 6) is 1.96. The maximum absolute atomic E-state index is 9.56. The Labute approximate surface area is 132 Å². The van der Waals surface area contributed by atoms with Gasteiger partial charge in [0.2, 0.25) is 0 Å². The van der Waals surface area contributed by atoms with Gasteiger partial charge in [0.25, 0.3) is 0 Å². The lowest BCUT2D eigenvalue weighted by atomic mass is 9.98. The highest BCUT2D eigenvalue weighted by Crippen LogP contribution is 2.24. The molecule has 0 radical (unpaired) electrons. The Morgan fingerprint density at radius 2 is 1.95 bits per heavy atom. The summed E-state index contributed by atoms with van der Waals surface area (Å²) < 4.78 is 5.29. The van der Waals surface area contributed by atoms with Crippen molar-refractivity contribution in [3.8, 4) is 11.5 Å². The summed E-state index contributed by atoms with van der Waals surface area (Å²) in [5, 5.41) is 9.56. The molecule has 1 fully saturated rings. The third-order valence-corrected chi connectivity index (χ3v) is 4.35. The van der Waals surface area contributed by atoms with Crippen LogP contribution >= 0.6 is 0 Å². The van der Waals surface area contributed by atoms with Gasteiger partial charge in [0.05, 0.1) is 7.11 Å². The Bertz CT molecular complexity index is 626. The van der Waals surface area contributed by atoms with Crippen LogP contribution in [0.15, 0.2) is 48.5 Å². The van der Waals surface area contributed by atoms with E-state index in [4.69, 9.17) is 4.74 Å². The van der Waals surface area contributed by atoms with Crippen molar-refractivity contribution in [1.29, 1.82) is 0 Å². The first-order valence-corrected chi connectivity index (χ1v) is 7.86. The van der Waals surface area contributed by atoms with Crippen LogP contribution < -0.4 is 4.74 Å². The number of likely N-dealkylation sites (tertiary alicyclic amines) is 1. The molecule has 0 aliphatic carbocycles. The van der Waals surface area contributed by atoms with Gasteiger partial charge in [-0.3, -0.25) is 4.90 Å². The first-order chi connectivity index (χ1) is 10.7. The van der Waals surface area contributed by atoms with Crippen LogP contribution in [0.5, 0.6) is 11.5 Å². The monoisotopic (exact) mass is 297 g/mol. The third-order valence-electron chi connectivity index (χ3n) is 4.35. The highest BCUT2D eigenvalue weighted by atomic mass is 16.5. The second-order valence-corrected chi connectivity index (χ2v) is 6.12. The fourth-order valence-electron chi connectivity index (χ4n) is 3.27. The van der Waals surface area contributed by atoms with Crippen LogP contribution in [0.4, 0.5) is 0 Å². The van der Waals surface area contributed by atoms with Crippen molar-refractivity contribution in [2.45, 2.75) is 19.4 Å². The minimum atomic E-state index is 0.365. The van der Waals surface area contributed by atoms with Crippen LogP contribution in [-0.4, -0.2) is 30.2 Å². The molecule has 0 amide bonds. The molecule has 3 heteroatoms. The smallest absolute Gasteiger partial charge is 0.119 e. The van der Waals surface area contributed by atoms with E-state index in [1.807, 2.05) is 18.2 Å². The Morgan fingerprint density at radius 3 is 2.77 bits per heavy atom. The molecule has 1 unspecified atom stereocenters. The molecule has 0 bridgehead atoms. The fourth-order valence-corrected chi connectivity index (χ4v) is 3.27. The fraction of sp³-hybridized carbons (Fsp3) is 0.368. The molecule has 1 aliphatic rings. The molecular formula is C19H23NO2. The summed E-state index contributed by atoms with van der Waals surface area (Å²) in [6.45, 7) is 3.24. The third kappa shape index (κ3) is 3.80. The Balaban J connectivity index is 1.55. The minimum Gasteiger partial charge on any atom is -0.508 e. The Morgan fingerprint density at radius 1 is 1.14 bits per heavy atom. The van der Waals surface area contributed by atoms with E-state index in [2.05, 4.69) is 29.2 Å². The van der Waals surface area contributed by atoms with Crippen molar-refractivity contribution in [3.63, 3.8) is 0 Å². The van der Waals surface area contributed by atoms with E-state index in [-0.39, 0.29) is 0 Å². The quantitative estimate of drug-likeness (QED) is 0.917. The zero-order valence-electron chi connectivity index (χ0n) is 13.0. The highest BCUT2D eigenvalue weighted by Gasteiger charge is 2.22. The van der Waals surface area contributed by atoms with E-state index in [1.54, 1.807) is 13.2 Å². The summed E-state index contributed by atoms with van der Waals surface area (Å²) in [4.78, 5) is 2.50. The van der Waals surface area contributed by atoms with E-state index in [0.29, 0.717) is 11.7 Å². The van der Waals surface area contributed by atoms with Crippen LogP contribution in [0.25, 0.3) is 0 Å². The molecule has 0 spiro atoms. The topological polar surface area (TPSA) is 32.7 Å². The Hall–Kier alpha value is -2.00. The number of rotatable bonds is 5. The van der Waals surface area contributed by atoms with E-state index in [0.717, 1.165) is 31.8 Å². The number of methoxy groups -OCH3 is 1. The van der Waals surface area contributed by atoms with E-state index in [9.17, 15) is 5.11 Å². The number of ether oxygens (including phenoxy) is 1. The highest BCUT2D eigenvalue weighted by molar-refractivity contribution is 5.29. The maximum Gasteiger partial charge on any atom is 0.119 e. The SMILES string of the molecule is COc1cccc(CN2CCC(Cc3cccc(O)c3)C2)c1. The molecule has 1 N–H and O–H groups in total. The van der Waals surface area contributed by atoms with Crippen molar-refractivity contribution in [2.75, 3.05) is 20.2 Å². The van der Waals surface area contributed by atoms with Gasteiger partial charge >= 0.3 is 0 Å². The first kappa shape index (κ1) is 14.9. The molecular weight excluding hydrogens is 274 g/mol. The molecule has 0 aromatic heterocycles. The molecule has 116 valence electrons. The predicted octanol–water partition coefficient (Wildman–Crippen LogP) is 3.47. The molecule has 1 saturated heterocycles. The summed E-state index contributed by atoms with van der Waals surface area (Å²) >= 11 is 0. The van der Waals surface area contributed by atoms with Crippen LogP contribution in [-0.2, 0) is 13.0 Å². The predicted molar refractivity (Wildman–Crippen MR) is 88.2 cm³/mol. The lowest BCUT2D eigenvalue weighted by Crippen LogP contribution is -2.20. The van der Waals surface area contributed by atoms with Crippen molar-refractivity contribution in [1.82, 2.24) is 4.90 Å². The number of aromatic hydroxyl groups is 1. The van der Waals surface area contributed by atoms with Gasteiger partial charge in [-0.1, -0.05) is 24.3 Å². The van der Waals surface area contributed by atoms with Crippen LogP contribution in [0.1, 0.15) is 17.5 Å². The minimum absolute atomic E-state index is 0.365. The summed E-state index contributed by atoms with van der Waals surface area (Å²) in [7, 11) is 1.71. The molecule has 1 aliphatic heterocycles. The van der Waals surface area contributed by atoms with Gasteiger partial charge in [0.1, 0.15) is 11.5 Å². The Kier molecular flexibility index (Phi) is 4.64. The molecule has 1 atom stereocenters. The van der Waals surface area contributed by atoms with Crippen molar-refractivity contribution in [2.24, 2.45) is 5.92 Å². The molecule has 0 saturated carbocycles. The molecule has 1 heterocycles. The molecule has 3 nitrogen and oxygen atoms in total. The standard InChI is InChI=1S/C19H23NO2/c1-22-19-7-3-5-16(12-19)13-20-9-8-17(14-20)10-15-4-2-6-18(21)11-15/h2-7,11-12,17,21H,8-10,13-14H2,1H3. The zero-order chi connectivity index (χ0) is 15.4. The van der Waals surface area contributed by atoms with E-state index >= 15 is 0 Å². The normalized spacial score (nSPS) is 18.5. The average Bonchev–Trinajstić information content (AvgIpc) is 2.94. The second-order valence-electron chi connectivity index (χ2n) is 6.12. The van der Waals surface area contributed by atoms with Gasteiger partial charge in [0, 0.05) is 13.1 Å².